The fraction of sp³-hybridized carbons (Fsp3) is 0.174. The molecule has 4 amide bonds. The predicted molar refractivity (Wildman–Crippen MR) is 112 cm³/mol. The van der Waals surface area contributed by atoms with Crippen LogP contribution in [0.3, 0.4) is 0 Å². The van der Waals surface area contributed by atoms with Gasteiger partial charge < -0.3 is 9.47 Å². The van der Waals surface area contributed by atoms with Gasteiger partial charge in [0.1, 0.15) is 23.7 Å². The molecule has 0 spiro atoms. The minimum atomic E-state index is -0.818. The van der Waals surface area contributed by atoms with Gasteiger partial charge in [0.15, 0.2) is 0 Å². The summed E-state index contributed by atoms with van der Waals surface area (Å²) in [5, 5.41) is 2.19. The van der Waals surface area contributed by atoms with Gasteiger partial charge in [0.05, 0.1) is 12.3 Å². The van der Waals surface area contributed by atoms with Crippen molar-refractivity contribution in [1.82, 2.24) is 5.32 Å². The molecule has 1 fully saturated rings. The monoisotopic (exact) mass is 404 g/mol. The molecule has 0 saturated carbocycles. The highest BCUT2D eigenvalue weighted by molar-refractivity contribution is 6.39. The molecule has 30 heavy (non-hydrogen) atoms. The fourth-order valence-corrected chi connectivity index (χ4v) is 2.81. The molecule has 0 unspecified atom stereocenters. The number of carbonyl (C=O) groups is 3. The van der Waals surface area contributed by atoms with Crippen LogP contribution in [0.2, 0.25) is 0 Å². The number of amides is 4. The van der Waals surface area contributed by atoms with Crippen molar-refractivity contribution < 1.29 is 23.9 Å². The van der Waals surface area contributed by atoms with Gasteiger partial charge >= 0.3 is 6.03 Å². The lowest BCUT2D eigenvalue weighted by Crippen LogP contribution is -2.54. The first-order chi connectivity index (χ1) is 14.5. The molecule has 1 aliphatic heterocycles. The van der Waals surface area contributed by atoms with Gasteiger partial charge in [0.2, 0.25) is 0 Å². The summed E-state index contributed by atoms with van der Waals surface area (Å²) in [6.07, 6.45) is 7.46. The zero-order valence-electron chi connectivity index (χ0n) is 16.4. The number of benzene rings is 2. The SMILES string of the molecule is C#CCOc1ccccc1/C=C1/C(=O)NC(=O)N(c2ccc(OCCC)cc2)C1=O. The van der Waals surface area contributed by atoms with Crippen molar-refractivity contribution in [3.05, 3.63) is 59.7 Å². The molecule has 2 aromatic rings. The third kappa shape index (κ3) is 4.50. The highest BCUT2D eigenvalue weighted by atomic mass is 16.5. The lowest BCUT2D eigenvalue weighted by molar-refractivity contribution is -0.122. The molecule has 0 bridgehead atoms. The van der Waals surface area contributed by atoms with Crippen LogP contribution < -0.4 is 19.7 Å². The van der Waals surface area contributed by atoms with Gasteiger partial charge in [-0.25, -0.2) is 9.69 Å². The maximum Gasteiger partial charge on any atom is 0.335 e. The van der Waals surface area contributed by atoms with Crippen molar-refractivity contribution >= 4 is 29.6 Å². The third-order valence-electron chi connectivity index (χ3n) is 4.20. The molecule has 7 heteroatoms. The zero-order valence-corrected chi connectivity index (χ0v) is 16.4. The van der Waals surface area contributed by atoms with E-state index >= 15 is 0 Å². The van der Waals surface area contributed by atoms with Crippen molar-refractivity contribution in [3.63, 3.8) is 0 Å². The van der Waals surface area contributed by atoms with Crippen LogP contribution in [0.15, 0.2) is 54.1 Å². The molecule has 3 rings (SSSR count). The van der Waals surface area contributed by atoms with E-state index in [9.17, 15) is 14.4 Å². The molecule has 1 aliphatic rings. The molecule has 0 atom stereocenters. The summed E-state index contributed by atoms with van der Waals surface area (Å²) < 4.78 is 11.0. The lowest BCUT2D eigenvalue weighted by atomic mass is 10.1. The summed E-state index contributed by atoms with van der Waals surface area (Å²) in [6.45, 7) is 2.59. The molecule has 1 saturated heterocycles. The van der Waals surface area contributed by atoms with Crippen LogP contribution >= 0.6 is 0 Å². The minimum Gasteiger partial charge on any atom is -0.494 e. The summed E-state index contributed by atoms with van der Waals surface area (Å²) in [5.74, 6) is 1.89. The van der Waals surface area contributed by atoms with Gasteiger partial charge in [-0.05, 0) is 42.8 Å². The van der Waals surface area contributed by atoms with E-state index in [1.54, 1.807) is 48.5 Å². The topological polar surface area (TPSA) is 84.9 Å². The first-order valence-corrected chi connectivity index (χ1v) is 9.34. The average Bonchev–Trinajstić information content (AvgIpc) is 2.75. The Hall–Kier alpha value is -4.05. The Morgan fingerprint density at radius 1 is 1.07 bits per heavy atom. The van der Waals surface area contributed by atoms with Crippen LogP contribution in [0.5, 0.6) is 11.5 Å². The van der Waals surface area contributed by atoms with Gasteiger partial charge in [0, 0.05) is 5.56 Å². The predicted octanol–water partition coefficient (Wildman–Crippen LogP) is 3.15. The van der Waals surface area contributed by atoms with E-state index in [4.69, 9.17) is 15.9 Å². The molecule has 1 N–H and O–H groups in total. The molecular weight excluding hydrogens is 384 g/mol. The van der Waals surface area contributed by atoms with Gasteiger partial charge in [0.25, 0.3) is 11.8 Å². The standard InChI is InChI=1S/C23H20N2O5/c1-3-13-29-18-11-9-17(10-12-18)25-22(27)19(21(26)24-23(25)28)15-16-7-5-6-8-20(16)30-14-4-2/h2,5-12,15H,3,13-14H2,1H3,(H,24,26,28)/b19-15-. The minimum absolute atomic E-state index is 0.0391. The Labute approximate surface area is 174 Å². The lowest BCUT2D eigenvalue weighted by Gasteiger charge is -2.26. The van der Waals surface area contributed by atoms with Crippen molar-refractivity contribution in [1.29, 1.82) is 0 Å². The molecule has 0 aliphatic carbocycles. The summed E-state index contributed by atoms with van der Waals surface area (Å²) >= 11 is 0. The number of para-hydroxylation sites is 1. The number of ether oxygens (including phenoxy) is 2. The number of hydrogen-bond acceptors (Lipinski definition) is 5. The van der Waals surface area contributed by atoms with E-state index in [1.807, 2.05) is 6.92 Å². The number of rotatable bonds is 7. The number of nitrogens with one attached hydrogen (secondary N) is 1. The number of hydrogen-bond donors (Lipinski definition) is 1. The number of anilines is 1. The molecule has 0 aromatic heterocycles. The molecule has 2 aromatic carbocycles. The molecule has 152 valence electrons. The molecule has 0 radical (unpaired) electrons. The summed E-state index contributed by atoms with van der Waals surface area (Å²) in [6, 6.07) is 12.5. The first-order valence-electron chi connectivity index (χ1n) is 9.34. The number of urea groups is 1. The molecule has 1 heterocycles. The van der Waals surface area contributed by atoms with Crippen LogP contribution in [0.25, 0.3) is 6.08 Å². The number of nitrogens with zero attached hydrogens (tertiary/aromatic N) is 1. The zero-order chi connectivity index (χ0) is 21.5. The van der Waals surface area contributed by atoms with E-state index in [0.29, 0.717) is 29.4 Å². The van der Waals surface area contributed by atoms with Crippen LogP contribution in [0.4, 0.5) is 10.5 Å². The maximum absolute atomic E-state index is 13.0. The molecular formula is C23H20N2O5. The Bertz CT molecular complexity index is 1030. The van der Waals surface area contributed by atoms with Gasteiger partial charge in [-0.2, -0.15) is 0 Å². The normalized spacial score (nSPS) is 15.0. The van der Waals surface area contributed by atoms with Gasteiger partial charge in [-0.1, -0.05) is 31.0 Å². The highest BCUT2D eigenvalue weighted by Gasteiger charge is 2.37. The van der Waals surface area contributed by atoms with E-state index in [-0.39, 0.29) is 12.2 Å². The van der Waals surface area contributed by atoms with Crippen LogP contribution in [0.1, 0.15) is 18.9 Å². The Balaban J connectivity index is 1.92. The third-order valence-corrected chi connectivity index (χ3v) is 4.20. The van der Waals surface area contributed by atoms with Crippen LogP contribution in [-0.4, -0.2) is 31.1 Å². The molecule has 7 nitrogen and oxygen atoms in total. The van der Waals surface area contributed by atoms with Crippen LogP contribution in [0, 0.1) is 12.3 Å². The number of barbiturate groups is 1. The summed E-state index contributed by atoms with van der Waals surface area (Å²) in [5.41, 5.74) is 0.609. The number of carbonyl (C=O) groups excluding carboxylic acids is 3. The second-order valence-electron chi connectivity index (χ2n) is 6.33. The second kappa shape index (κ2) is 9.43. The second-order valence-corrected chi connectivity index (χ2v) is 6.33. The largest absolute Gasteiger partial charge is 0.494 e. The Kier molecular flexibility index (Phi) is 6.50. The highest BCUT2D eigenvalue weighted by Crippen LogP contribution is 2.26. The fourth-order valence-electron chi connectivity index (χ4n) is 2.81. The Morgan fingerprint density at radius 3 is 2.50 bits per heavy atom. The van der Waals surface area contributed by atoms with Gasteiger partial charge in [-0.3, -0.25) is 14.9 Å². The van der Waals surface area contributed by atoms with Crippen molar-refractivity contribution in [2.75, 3.05) is 18.1 Å². The summed E-state index contributed by atoms with van der Waals surface area (Å²) in [4.78, 5) is 38.6. The van der Waals surface area contributed by atoms with E-state index in [0.717, 1.165) is 11.3 Å². The Morgan fingerprint density at radius 2 is 1.80 bits per heavy atom. The first kappa shape index (κ1) is 20.7. The van der Waals surface area contributed by atoms with E-state index in [2.05, 4.69) is 11.2 Å². The van der Waals surface area contributed by atoms with E-state index in [1.165, 1.54) is 6.08 Å². The average molecular weight is 404 g/mol. The van der Waals surface area contributed by atoms with Crippen molar-refractivity contribution in [3.8, 4) is 23.8 Å². The van der Waals surface area contributed by atoms with Crippen molar-refractivity contribution in [2.24, 2.45) is 0 Å². The maximum atomic E-state index is 13.0. The number of imide groups is 2. The van der Waals surface area contributed by atoms with E-state index < -0.39 is 17.8 Å². The van der Waals surface area contributed by atoms with Crippen LogP contribution in [-0.2, 0) is 9.59 Å². The quantitative estimate of drug-likeness (QED) is 0.435. The van der Waals surface area contributed by atoms with Crippen molar-refractivity contribution in [2.45, 2.75) is 13.3 Å². The number of terminal acetylenes is 1. The smallest absolute Gasteiger partial charge is 0.335 e. The summed E-state index contributed by atoms with van der Waals surface area (Å²) in [7, 11) is 0. The van der Waals surface area contributed by atoms with Gasteiger partial charge in [-0.15, -0.1) is 6.42 Å².